The van der Waals surface area contributed by atoms with Gasteiger partial charge in [0.2, 0.25) is 0 Å². The normalized spacial score (nSPS) is 10.0. The predicted octanol–water partition coefficient (Wildman–Crippen LogP) is 4.18. The molecule has 0 bridgehead atoms. The van der Waals surface area contributed by atoms with Crippen LogP contribution in [0, 0.1) is 0 Å². The van der Waals surface area contributed by atoms with Gasteiger partial charge in [-0.05, 0) is 48.7 Å². The van der Waals surface area contributed by atoms with Crippen molar-refractivity contribution in [2.24, 2.45) is 0 Å². The molecule has 23 heavy (non-hydrogen) atoms. The minimum Gasteiger partial charge on any atom is -0.307 e. The highest BCUT2D eigenvalue weighted by molar-refractivity contribution is 7.98. The second kappa shape index (κ2) is 8.10. The maximum atomic E-state index is 11.9. The molecule has 0 atom stereocenters. The smallest absolute Gasteiger partial charge is 0.307 e. The second-order valence-corrected chi connectivity index (χ2v) is 6.11. The quantitative estimate of drug-likeness (QED) is 0.561. The van der Waals surface area contributed by atoms with Gasteiger partial charge < -0.3 is 5.32 Å². The first-order valence-corrected chi connectivity index (χ1v) is 8.44. The van der Waals surface area contributed by atoms with E-state index in [1.165, 1.54) is 18.2 Å². The number of rotatable bonds is 3. The van der Waals surface area contributed by atoms with E-state index in [0.717, 1.165) is 4.90 Å². The van der Waals surface area contributed by atoms with E-state index < -0.39 is 11.9 Å². The minimum atomic E-state index is -0.569. The van der Waals surface area contributed by atoms with Gasteiger partial charge in [-0.1, -0.05) is 23.2 Å². The van der Waals surface area contributed by atoms with E-state index in [9.17, 15) is 9.59 Å². The topological polar surface area (TPSA) is 70.2 Å². The third-order valence-corrected chi connectivity index (χ3v) is 4.10. The molecule has 0 spiro atoms. The lowest BCUT2D eigenvalue weighted by Gasteiger charge is -2.10. The molecule has 5 nitrogen and oxygen atoms in total. The molecule has 0 saturated carbocycles. The number of nitrogens with one attached hydrogen (secondary N) is 3. The zero-order valence-electron chi connectivity index (χ0n) is 12.0. The molecule has 2 rings (SSSR count). The number of halogens is 2. The van der Waals surface area contributed by atoms with E-state index in [0.29, 0.717) is 10.7 Å². The van der Waals surface area contributed by atoms with Gasteiger partial charge in [0.25, 0.3) is 5.91 Å². The van der Waals surface area contributed by atoms with Crippen molar-refractivity contribution in [1.82, 2.24) is 10.9 Å². The molecule has 3 amide bonds. The van der Waals surface area contributed by atoms with E-state index in [4.69, 9.17) is 23.2 Å². The number of urea groups is 1. The molecule has 0 aromatic heterocycles. The summed E-state index contributed by atoms with van der Waals surface area (Å²) in [6.45, 7) is 0. The van der Waals surface area contributed by atoms with Gasteiger partial charge in [0.1, 0.15) is 0 Å². The second-order valence-electron chi connectivity index (χ2n) is 4.39. The number of hydrogen-bond acceptors (Lipinski definition) is 3. The Kier molecular flexibility index (Phi) is 6.15. The molecule has 3 N–H and O–H groups in total. The van der Waals surface area contributed by atoms with Gasteiger partial charge in [-0.2, -0.15) is 0 Å². The number of benzene rings is 2. The summed E-state index contributed by atoms with van der Waals surface area (Å²) in [6.07, 6.45) is 1.96. The molecular formula is C15H13Cl2N3O2S. The van der Waals surface area contributed by atoms with Crippen LogP contribution in [0.3, 0.4) is 0 Å². The number of carbonyl (C=O) groups excluding carboxylic acids is 2. The highest BCUT2D eigenvalue weighted by atomic mass is 35.5. The zero-order valence-corrected chi connectivity index (χ0v) is 14.4. The van der Waals surface area contributed by atoms with Gasteiger partial charge in [-0.15, -0.1) is 11.8 Å². The van der Waals surface area contributed by atoms with Gasteiger partial charge in [-0.3, -0.25) is 10.2 Å². The van der Waals surface area contributed by atoms with E-state index in [-0.39, 0.29) is 10.6 Å². The summed E-state index contributed by atoms with van der Waals surface area (Å²) in [5.41, 5.74) is 5.34. The van der Waals surface area contributed by atoms with E-state index in [1.807, 2.05) is 18.4 Å². The first kappa shape index (κ1) is 17.5. The molecule has 0 aliphatic heterocycles. The number of hydrogen-bond donors (Lipinski definition) is 3. The molecular weight excluding hydrogens is 357 g/mol. The predicted molar refractivity (Wildman–Crippen MR) is 94.3 cm³/mol. The van der Waals surface area contributed by atoms with Crippen LogP contribution in [0.1, 0.15) is 10.4 Å². The first-order valence-electron chi connectivity index (χ1n) is 6.46. The maximum Gasteiger partial charge on any atom is 0.337 e. The molecule has 120 valence electrons. The highest BCUT2D eigenvalue weighted by Gasteiger charge is 2.11. The highest BCUT2D eigenvalue weighted by Crippen LogP contribution is 2.20. The molecule has 0 saturated heterocycles. The lowest BCUT2D eigenvalue weighted by atomic mass is 10.2. The third kappa shape index (κ3) is 5.06. The summed E-state index contributed by atoms with van der Waals surface area (Å²) < 4.78 is 0. The average molecular weight is 370 g/mol. The van der Waals surface area contributed by atoms with Crippen LogP contribution in [0.25, 0.3) is 0 Å². The number of amides is 3. The molecule has 2 aromatic rings. The fourth-order valence-corrected chi connectivity index (χ4v) is 2.59. The van der Waals surface area contributed by atoms with Gasteiger partial charge in [-0.25, -0.2) is 10.2 Å². The first-order chi connectivity index (χ1) is 11.0. The Hall–Kier alpha value is -1.89. The Morgan fingerprint density at radius 3 is 2.30 bits per heavy atom. The lowest BCUT2D eigenvalue weighted by molar-refractivity contribution is 0.0938. The van der Waals surface area contributed by atoms with Crippen molar-refractivity contribution in [2.45, 2.75) is 4.90 Å². The van der Waals surface area contributed by atoms with Crippen LogP contribution < -0.4 is 16.2 Å². The molecule has 0 heterocycles. The van der Waals surface area contributed by atoms with Gasteiger partial charge in [0, 0.05) is 15.6 Å². The summed E-state index contributed by atoms with van der Waals surface area (Å²) in [5.74, 6) is -0.542. The van der Waals surface area contributed by atoms with Gasteiger partial charge >= 0.3 is 6.03 Å². The van der Waals surface area contributed by atoms with Crippen LogP contribution in [0.2, 0.25) is 10.0 Å². The van der Waals surface area contributed by atoms with Crippen molar-refractivity contribution in [3.8, 4) is 0 Å². The molecule has 0 unspecified atom stereocenters. The molecule has 2 aromatic carbocycles. The van der Waals surface area contributed by atoms with Crippen molar-refractivity contribution < 1.29 is 9.59 Å². The maximum absolute atomic E-state index is 11.9. The molecule has 8 heteroatoms. The van der Waals surface area contributed by atoms with Crippen LogP contribution in [0.4, 0.5) is 10.5 Å². The van der Waals surface area contributed by atoms with Crippen molar-refractivity contribution in [3.63, 3.8) is 0 Å². The Bertz CT molecular complexity index is 723. The number of carbonyl (C=O) groups is 2. The fraction of sp³-hybridized carbons (Fsp3) is 0.0667. The number of hydrazine groups is 1. The minimum absolute atomic E-state index is 0.199. The summed E-state index contributed by atoms with van der Waals surface area (Å²) in [7, 11) is 0. The van der Waals surface area contributed by atoms with Gasteiger partial charge in [0.05, 0.1) is 10.6 Å². The van der Waals surface area contributed by atoms with Crippen LogP contribution in [-0.4, -0.2) is 18.2 Å². The largest absolute Gasteiger partial charge is 0.337 e. The van der Waals surface area contributed by atoms with Gasteiger partial charge in [0.15, 0.2) is 0 Å². The Morgan fingerprint density at radius 1 is 1.00 bits per heavy atom. The van der Waals surface area contributed by atoms with Crippen LogP contribution in [0.5, 0.6) is 0 Å². The lowest BCUT2D eigenvalue weighted by Crippen LogP contribution is -2.44. The van der Waals surface area contributed by atoms with Crippen LogP contribution >= 0.6 is 35.0 Å². The molecule has 0 radical (unpaired) electrons. The molecule has 0 fully saturated rings. The van der Waals surface area contributed by atoms with Crippen molar-refractivity contribution in [2.75, 3.05) is 11.6 Å². The number of anilines is 1. The monoisotopic (exact) mass is 369 g/mol. The summed E-state index contributed by atoms with van der Waals surface area (Å²) in [5, 5.41) is 3.22. The van der Waals surface area contributed by atoms with Crippen LogP contribution in [0.15, 0.2) is 47.4 Å². The SMILES string of the molecule is CSc1ccc(NC(=O)NNC(=O)c2ccc(Cl)cc2Cl)cc1. The Morgan fingerprint density at radius 2 is 1.70 bits per heavy atom. The average Bonchev–Trinajstić information content (AvgIpc) is 2.53. The number of thioether (sulfide) groups is 1. The summed E-state index contributed by atoms with van der Waals surface area (Å²) in [4.78, 5) is 24.8. The van der Waals surface area contributed by atoms with E-state index in [2.05, 4.69) is 16.2 Å². The standard InChI is InChI=1S/C15H13Cl2N3O2S/c1-23-11-5-3-10(4-6-11)18-15(22)20-19-14(21)12-7-2-9(16)8-13(12)17/h2-8H,1H3,(H,19,21)(H2,18,20,22). The van der Waals surface area contributed by atoms with E-state index in [1.54, 1.807) is 23.9 Å². The zero-order chi connectivity index (χ0) is 16.8. The summed E-state index contributed by atoms with van der Waals surface area (Å²) in [6, 6.07) is 11.2. The van der Waals surface area contributed by atoms with Crippen molar-refractivity contribution in [1.29, 1.82) is 0 Å². The molecule has 0 aliphatic carbocycles. The van der Waals surface area contributed by atoms with E-state index >= 15 is 0 Å². The van der Waals surface area contributed by atoms with Crippen molar-refractivity contribution in [3.05, 3.63) is 58.1 Å². The van der Waals surface area contributed by atoms with Crippen LogP contribution in [-0.2, 0) is 0 Å². The Balaban J connectivity index is 1.89. The van der Waals surface area contributed by atoms with Crippen molar-refractivity contribution >= 4 is 52.6 Å². The summed E-state index contributed by atoms with van der Waals surface area (Å²) >= 11 is 13.3. The fourth-order valence-electron chi connectivity index (χ4n) is 1.69. The third-order valence-electron chi connectivity index (χ3n) is 2.81. The Labute approximate surface area is 147 Å². The molecule has 0 aliphatic rings.